The lowest BCUT2D eigenvalue weighted by Crippen LogP contribution is -2.40. The average molecular weight is 407 g/mol. The molecule has 0 spiro atoms. The smallest absolute Gasteiger partial charge is 0.285 e. The first-order chi connectivity index (χ1) is 13.5. The van der Waals surface area contributed by atoms with E-state index in [0.29, 0.717) is 24.2 Å². The second kappa shape index (κ2) is 7.31. The van der Waals surface area contributed by atoms with Crippen LogP contribution in [0.2, 0.25) is 5.02 Å². The van der Waals surface area contributed by atoms with Gasteiger partial charge in [0.25, 0.3) is 12.0 Å². The monoisotopic (exact) mass is 406 g/mol. The maximum Gasteiger partial charge on any atom is 0.285 e. The number of anilines is 1. The summed E-state index contributed by atoms with van der Waals surface area (Å²) in [6, 6.07) is 6.43. The molecule has 0 aliphatic carbocycles. The molecular weight excluding hydrogens is 390 g/mol. The Kier molecular flexibility index (Phi) is 4.84. The van der Waals surface area contributed by atoms with E-state index in [1.807, 2.05) is 11.8 Å². The minimum absolute atomic E-state index is 0.00130. The van der Waals surface area contributed by atoms with Crippen LogP contribution in [-0.4, -0.2) is 31.2 Å². The molecule has 1 aromatic carbocycles. The van der Waals surface area contributed by atoms with Gasteiger partial charge in [0.2, 0.25) is 0 Å². The number of H-pyrrole nitrogens is 1. The minimum atomic E-state index is -2.55. The molecule has 146 valence electrons. The first-order valence-corrected chi connectivity index (χ1v) is 9.10. The molecule has 0 fully saturated rings. The molecule has 0 saturated carbocycles. The van der Waals surface area contributed by atoms with E-state index in [1.54, 1.807) is 22.9 Å². The van der Waals surface area contributed by atoms with E-state index in [0.717, 1.165) is 11.4 Å². The predicted octanol–water partition coefficient (Wildman–Crippen LogP) is 2.95. The summed E-state index contributed by atoms with van der Waals surface area (Å²) in [7, 11) is 0. The Morgan fingerprint density at radius 3 is 2.93 bits per heavy atom. The highest BCUT2D eigenvalue weighted by Crippen LogP contribution is 2.31. The molecular formula is C18H17ClF2N6O. The number of aromatic amines is 1. The lowest BCUT2D eigenvalue weighted by Gasteiger charge is -2.34. The third-order valence-corrected chi connectivity index (χ3v) is 5.32. The highest BCUT2D eigenvalue weighted by Gasteiger charge is 2.30. The van der Waals surface area contributed by atoms with Gasteiger partial charge < -0.3 is 4.90 Å². The van der Waals surface area contributed by atoms with Gasteiger partial charge in [0.05, 0.1) is 30.7 Å². The van der Waals surface area contributed by atoms with E-state index in [4.69, 9.17) is 11.6 Å². The van der Waals surface area contributed by atoms with Crippen molar-refractivity contribution in [3.05, 3.63) is 68.4 Å². The molecule has 4 rings (SSSR count). The third kappa shape index (κ3) is 3.26. The first kappa shape index (κ1) is 18.5. The molecule has 0 unspecified atom stereocenters. The SMILES string of the molecule is C[C@H]1Cc2c(nnn2Cc2ccccc2C(F)F)CN1c1cn[nH]c(=O)c1Cl. The Labute approximate surface area is 163 Å². The number of aromatic nitrogens is 5. The Balaban J connectivity index is 1.64. The summed E-state index contributed by atoms with van der Waals surface area (Å²) in [4.78, 5) is 13.7. The zero-order chi connectivity index (χ0) is 19.8. The molecule has 10 heteroatoms. The van der Waals surface area contributed by atoms with Crippen molar-refractivity contribution in [1.82, 2.24) is 25.2 Å². The standard InChI is InChI=1S/C18H17ClF2N6O/c1-10-6-14-13(9-26(10)15-7-22-24-18(28)16(15)19)23-25-27(14)8-11-4-2-3-5-12(11)17(20)21/h2-5,7,10,17H,6,8-9H2,1H3,(H,24,28)/t10-/m0/s1. The molecule has 0 radical (unpaired) electrons. The van der Waals surface area contributed by atoms with Crippen LogP contribution in [0.4, 0.5) is 14.5 Å². The molecule has 28 heavy (non-hydrogen) atoms. The zero-order valence-corrected chi connectivity index (χ0v) is 15.7. The molecule has 7 nitrogen and oxygen atoms in total. The Hall–Kier alpha value is -2.81. The quantitative estimate of drug-likeness (QED) is 0.720. The fourth-order valence-electron chi connectivity index (χ4n) is 3.50. The van der Waals surface area contributed by atoms with Gasteiger partial charge in [0, 0.05) is 18.0 Å². The maximum absolute atomic E-state index is 13.3. The molecule has 1 atom stereocenters. The van der Waals surface area contributed by atoms with E-state index in [9.17, 15) is 13.6 Å². The maximum atomic E-state index is 13.3. The van der Waals surface area contributed by atoms with Gasteiger partial charge in [-0.2, -0.15) is 5.10 Å². The van der Waals surface area contributed by atoms with Crippen LogP contribution in [0.1, 0.15) is 35.9 Å². The number of rotatable bonds is 4. The Morgan fingerprint density at radius 1 is 1.36 bits per heavy atom. The van der Waals surface area contributed by atoms with Gasteiger partial charge in [0.1, 0.15) is 10.7 Å². The Bertz CT molecular complexity index is 1070. The van der Waals surface area contributed by atoms with E-state index in [1.165, 1.54) is 12.3 Å². The topological polar surface area (TPSA) is 79.7 Å². The van der Waals surface area contributed by atoms with Crippen LogP contribution in [0.25, 0.3) is 0 Å². The highest BCUT2D eigenvalue weighted by molar-refractivity contribution is 6.33. The number of hydrogen-bond donors (Lipinski definition) is 1. The van der Waals surface area contributed by atoms with E-state index in [2.05, 4.69) is 20.5 Å². The van der Waals surface area contributed by atoms with Gasteiger partial charge in [-0.15, -0.1) is 5.10 Å². The third-order valence-electron chi connectivity index (χ3n) is 4.96. The summed E-state index contributed by atoms with van der Waals surface area (Å²) in [5.41, 5.74) is 2.21. The summed E-state index contributed by atoms with van der Waals surface area (Å²) in [6.45, 7) is 2.62. The van der Waals surface area contributed by atoms with Crippen LogP contribution >= 0.6 is 11.6 Å². The summed E-state index contributed by atoms with van der Waals surface area (Å²) in [5.74, 6) is 0. The van der Waals surface area contributed by atoms with Crippen molar-refractivity contribution in [2.75, 3.05) is 4.90 Å². The molecule has 0 bridgehead atoms. The lowest BCUT2D eigenvalue weighted by atomic mass is 10.0. The van der Waals surface area contributed by atoms with E-state index in [-0.39, 0.29) is 23.2 Å². The van der Waals surface area contributed by atoms with Gasteiger partial charge in [-0.05, 0) is 12.5 Å². The van der Waals surface area contributed by atoms with Crippen LogP contribution in [0, 0.1) is 0 Å². The largest absolute Gasteiger partial charge is 0.360 e. The fraction of sp³-hybridized carbons (Fsp3) is 0.333. The molecule has 0 saturated heterocycles. The minimum Gasteiger partial charge on any atom is -0.360 e. The van der Waals surface area contributed by atoms with Crippen molar-refractivity contribution in [2.45, 2.75) is 38.9 Å². The van der Waals surface area contributed by atoms with Crippen molar-refractivity contribution in [1.29, 1.82) is 0 Å². The molecule has 2 aromatic heterocycles. The number of halogens is 3. The average Bonchev–Trinajstić information content (AvgIpc) is 3.05. The van der Waals surface area contributed by atoms with Gasteiger partial charge >= 0.3 is 0 Å². The van der Waals surface area contributed by atoms with Crippen LogP contribution in [0.15, 0.2) is 35.3 Å². The van der Waals surface area contributed by atoms with Crippen LogP contribution in [0.5, 0.6) is 0 Å². The number of nitrogens with one attached hydrogen (secondary N) is 1. The second-order valence-corrected chi connectivity index (χ2v) is 7.10. The first-order valence-electron chi connectivity index (χ1n) is 8.72. The van der Waals surface area contributed by atoms with Crippen molar-refractivity contribution >= 4 is 17.3 Å². The van der Waals surface area contributed by atoms with Crippen LogP contribution in [0.3, 0.4) is 0 Å². The van der Waals surface area contributed by atoms with Crippen LogP contribution < -0.4 is 10.5 Å². The van der Waals surface area contributed by atoms with E-state index < -0.39 is 12.0 Å². The second-order valence-electron chi connectivity index (χ2n) is 6.72. The summed E-state index contributed by atoms with van der Waals surface area (Å²) < 4.78 is 28.2. The molecule has 0 amide bonds. The number of benzene rings is 1. The Morgan fingerprint density at radius 2 is 2.14 bits per heavy atom. The molecule has 3 heterocycles. The zero-order valence-electron chi connectivity index (χ0n) is 14.9. The number of hydrogen-bond acceptors (Lipinski definition) is 5. The van der Waals surface area contributed by atoms with Gasteiger partial charge in [-0.1, -0.05) is 41.1 Å². The summed E-state index contributed by atoms with van der Waals surface area (Å²) >= 11 is 6.14. The van der Waals surface area contributed by atoms with Crippen molar-refractivity contribution in [3.63, 3.8) is 0 Å². The lowest BCUT2D eigenvalue weighted by molar-refractivity contribution is 0.150. The normalized spacial score (nSPS) is 16.5. The summed E-state index contributed by atoms with van der Waals surface area (Å²) in [5, 5.41) is 14.6. The van der Waals surface area contributed by atoms with Gasteiger partial charge in [0.15, 0.2) is 0 Å². The molecule has 1 aliphatic rings. The predicted molar refractivity (Wildman–Crippen MR) is 99.7 cm³/mol. The van der Waals surface area contributed by atoms with E-state index >= 15 is 0 Å². The highest BCUT2D eigenvalue weighted by atomic mass is 35.5. The van der Waals surface area contributed by atoms with Crippen molar-refractivity contribution < 1.29 is 8.78 Å². The van der Waals surface area contributed by atoms with Crippen molar-refractivity contribution in [2.24, 2.45) is 0 Å². The van der Waals surface area contributed by atoms with Crippen LogP contribution in [-0.2, 0) is 19.5 Å². The molecule has 1 N–H and O–H groups in total. The van der Waals surface area contributed by atoms with Crippen molar-refractivity contribution in [3.8, 4) is 0 Å². The fourth-order valence-corrected chi connectivity index (χ4v) is 3.70. The number of fused-ring (bicyclic) bond motifs is 1. The van der Waals surface area contributed by atoms with Gasteiger partial charge in [-0.3, -0.25) is 4.79 Å². The summed E-state index contributed by atoms with van der Waals surface area (Å²) in [6.07, 6.45) is -0.451. The molecule has 3 aromatic rings. The number of alkyl halides is 2. The molecule has 1 aliphatic heterocycles. The van der Waals surface area contributed by atoms with Gasteiger partial charge in [-0.25, -0.2) is 18.6 Å². The number of nitrogens with zero attached hydrogens (tertiary/aromatic N) is 5.